The number of nitrogens with one attached hydrogen (secondary N) is 1. The molecule has 0 bridgehead atoms. The van der Waals surface area contributed by atoms with E-state index in [1.165, 1.54) is 66.5 Å². The fraction of sp³-hybridized carbons (Fsp3) is 0.0769. The summed E-state index contributed by atoms with van der Waals surface area (Å²) in [6, 6.07) is 14.2. The molecule has 0 aliphatic heterocycles. The first-order valence-corrected chi connectivity index (χ1v) is 12.5. The minimum absolute atomic E-state index is 0. The number of methoxy groups -OCH3 is 1. The van der Waals surface area contributed by atoms with E-state index in [0.717, 1.165) is 18.2 Å². The second-order valence-electron chi connectivity index (χ2n) is 7.88. The first-order chi connectivity index (χ1) is 17.7. The van der Waals surface area contributed by atoms with Gasteiger partial charge in [0.05, 0.1) is 23.2 Å². The van der Waals surface area contributed by atoms with Crippen LogP contribution in [0.1, 0.15) is 7.43 Å². The molecule has 0 fully saturated rings. The van der Waals surface area contributed by atoms with Crippen molar-refractivity contribution >= 4 is 38.3 Å². The fourth-order valence-electron chi connectivity index (χ4n) is 3.91. The predicted octanol–water partition coefficient (Wildman–Crippen LogP) is 6.02. The Hall–Kier alpha value is -4.22. The lowest BCUT2D eigenvalue weighted by molar-refractivity contribution is 0.412. The average molecular weight is 560 g/mol. The predicted molar refractivity (Wildman–Crippen MR) is 141 cm³/mol. The van der Waals surface area contributed by atoms with Crippen molar-refractivity contribution in [1.29, 1.82) is 0 Å². The lowest BCUT2D eigenvalue weighted by Crippen LogP contribution is -2.19. The van der Waals surface area contributed by atoms with Gasteiger partial charge in [0.15, 0.2) is 5.82 Å². The minimum atomic E-state index is -4.01. The Morgan fingerprint density at radius 3 is 2.50 bits per heavy atom. The van der Waals surface area contributed by atoms with Gasteiger partial charge in [0.1, 0.15) is 23.6 Å². The van der Waals surface area contributed by atoms with Gasteiger partial charge in [-0.25, -0.2) is 17.2 Å². The van der Waals surface area contributed by atoms with Crippen LogP contribution >= 0.6 is 11.6 Å². The van der Waals surface area contributed by atoms with Gasteiger partial charge < -0.3 is 9.26 Å². The molecule has 196 valence electrons. The van der Waals surface area contributed by atoms with Gasteiger partial charge in [-0.2, -0.15) is 0 Å². The van der Waals surface area contributed by atoms with E-state index in [-0.39, 0.29) is 45.7 Å². The smallest absolute Gasteiger partial charge is 0.263 e. The summed E-state index contributed by atoms with van der Waals surface area (Å²) in [5, 5.41) is 4.00. The van der Waals surface area contributed by atoms with Crippen molar-refractivity contribution in [3.05, 3.63) is 100 Å². The fourth-order valence-corrected chi connectivity index (χ4v) is 5.16. The highest BCUT2D eigenvalue weighted by Crippen LogP contribution is 2.35. The van der Waals surface area contributed by atoms with Crippen LogP contribution in [-0.2, 0) is 10.0 Å². The van der Waals surface area contributed by atoms with Crippen molar-refractivity contribution < 1.29 is 26.5 Å². The van der Waals surface area contributed by atoms with Crippen LogP contribution in [0.4, 0.5) is 14.6 Å². The van der Waals surface area contributed by atoms with Crippen LogP contribution in [0, 0.1) is 11.6 Å². The van der Waals surface area contributed by atoms with Gasteiger partial charge >= 0.3 is 0 Å². The summed E-state index contributed by atoms with van der Waals surface area (Å²) in [5.41, 5.74) is 0.0584. The van der Waals surface area contributed by atoms with Gasteiger partial charge in [-0.05, 0) is 54.1 Å². The molecule has 12 heteroatoms. The number of benzene rings is 3. The van der Waals surface area contributed by atoms with Crippen molar-refractivity contribution in [3.8, 4) is 22.6 Å². The van der Waals surface area contributed by atoms with Gasteiger partial charge in [-0.3, -0.25) is 14.1 Å². The summed E-state index contributed by atoms with van der Waals surface area (Å²) in [5.74, 6) is -1.27. The van der Waals surface area contributed by atoms with E-state index in [9.17, 15) is 17.6 Å². The van der Waals surface area contributed by atoms with E-state index in [4.69, 9.17) is 16.3 Å². The first-order valence-electron chi connectivity index (χ1n) is 10.6. The monoisotopic (exact) mass is 559 g/mol. The third-order valence-corrected chi connectivity index (χ3v) is 7.11. The van der Waals surface area contributed by atoms with Crippen LogP contribution < -0.4 is 15.0 Å². The number of halogens is 3. The molecule has 5 aromatic rings. The molecule has 38 heavy (non-hydrogen) atoms. The van der Waals surface area contributed by atoms with Crippen LogP contribution in [0.3, 0.4) is 0 Å². The summed E-state index contributed by atoms with van der Waals surface area (Å²) in [4.78, 5) is 12.8. The molecule has 0 aliphatic carbocycles. The van der Waals surface area contributed by atoms with E-state index < -0.39 is 27.2 Å². The van der Waals surface area contributed by atoms with Crippen LogP contribution in [0.25, 0.3) is 27.7 Å². The Morgan fingerprint density at radius 1 is 1.03 bits per heavy atom. The normalized spacial score (nSPS) is 11.3. The second-order valence-corrected chi connectivity index (χ2v) is 10.00. The summed E-state index contributed by atoms with van der Waals surface area (Å²) in [7, 11) is -2.67. The highest BCUT2D eigenvalue weighted by atomic mass is 35.5. The molecule has 0 radical (unpaired) electrons. The Kier molecular flexibility index (Phi) is 7.25. The Balaban J connectivity index is 0.00000336. The molecule has 2 aromatic heterocycles. The molecule has 8 nitrogen and oxygen atoms in total. The molecule has 0 aliphatic rings. The molecular formula is C26H20ClF2N3O5S. The number of aromatic nitrogens is 2. The van der Waals surface area contributed by atoms with Crippen LogP contribution in [0.2, 0.25) is 5.02 Å². The zero-order valence-corrected chi connectivity index (χ0v) is 20.5. The maximum Gasteiger partial charge on any atom is 0.263 e. The third kappa shape index (κ3) is 4.98. The molecule has 0 saturated heterocycles. The number of hydrogen-bond donors (Lipinski definition) is 1. The Morgan fingerprint density at radius 2 is 1.82 bits per heavy atom. The molecule has 5 rings (SSSR count). The van der Waals surface area contributed by atoms with E-state index in [1.54, 1.807) is 0 Å². The molecule has 0 spiro atoms. The van der Waals surface area contributed by atoms with Crippen LogP contribution in [0.5, 0.6) is 5.75 Å². The summed E-state index contributed by atoms with van der Waals surface area (Å²) >= 11 is 5.93. The van der Waals surface area contributed by atoms with Gasteiger partial charge in [0.2, 0.25) is 0 Å². The molecule has 0 atom stereocenters. The van der Waals surface area contributed by atoms with Gasteiger partial charge in [0, 0.05) is 34.2 Å². The molecule has 0 saturated carbocycles. The van der Waals surface area contributed by atoms with E-state index in [1.807, 2.05) is 0 Å². The SMILES string of the molecule is C.COc1cc(-c2cc(F)cc(Cl)c2)c(F)cc1-n1c(=O)ccc2cc(S(=O)(=O)Nc3ccon3)ccc21. The zero-order chi connectivity index (χ0) is 26.3. The number of fused-ring (bicyclic) bond motifs is 1. The highest BCUT2D eigenvalue weighted by Gasteiger charge is 2.20. The Bertz CT molecular complexity index is 1800. The lowest BCUT2D eigenvalue weighted by Gasteiger charge is -2.16. The molecule has 0 unspecified atom stereocenters. The van der Waals surface area contributed by atoms with Crippen LogP contribution in [-0.4, -0.2) is 25.3 Å². The van der Waals surface area contributed by atoms with E-state index in [2.05, 4.69) is 14.4 Å². The first kappa shape index (κ1) is 26.8. The summed E-state index contributed by atoms with van der Waals surface area (Å²) in [6.07, 6.45) is 1.22. The number of sulfonamides is 1. The number of nitrogens with zero attached hydrogens (tertiary/aromatic N) is 2. The number of ether oxygens (including phenoxy) is 1. The van der Waals surface area contributed by atoms with Gasteiger partial charge in [0.25, 0.3) is 15.6 Å². The topological polar surface area (TPSA) is 103 Å². The van der Waals surface area contributed by atoms with Crippen molar-refractivity contribution in [2.45, 2.75) is 12.3 Å². The molecule has 3 aromatic carbocycles. The van der Waals surface area contributed by atoms with Crippen molar-refractivity contribution in [2.24, 2.45) is 0 Å². The average Bonchev–Trinajstić information content (AvgIpc) is 3.35. The molecule has 1 N–H and O–H groups in total. The summed E-state index contributed by atoms with van der Waals surface area (Å²) in [6.45, 7) is 0. The van der Waals surface area contributed by atoms with E-state index >= 15 is 4.39 Å². The third-order valence-electron chi connectivity index (χ3n) is 5.54. The second kappa shape index (κ2) is 10.3. The molecule has 2 heterocycles. The zero-order valence-electron chi connectivity index (χ0n) is 18.9. The maximum atomic E-state index is 15.3. The Labute approximate surface area is 221 Å². The quantitative estimate of drug-likeness (QED) is 0.273. The maximum absolute atomic E-state index is 15.3. The van der Waals surface area contributed by atoms with Crippen molar-refractivity contribution in [3.63, 3.8) is 0 Å². The number of hydrogen-bond acceptors (Lipinski definition) is 6. The molecule has 0 amide bonds. The van der Waals surface area contributed by atoms with Crippen molar-refractivity contribution in [1.82, 2.24) is 9.72 Å². The minimum Gasteiger partial charge on any atom is -0.495 e. The van der Waals surface area contributed by atoms with Gasteiger partial charge in [-0.1, -0.05) is 24.2 Å². The molecular weight excluding hydrogens is 540 g/mol. The van der Waals surface area contributed by atoms with Crippen LogP contribution in [0.15, 0.2) is 87.2 Å². The number of pyridine rings is 1. The van der Waals surface area contributed by atoms with Gasteiger partial charge in [-0.15, -0.1) is 0 Å². The highest BCUT2D eigenvalue weighted by molar-refractivity contribution is 7.92. The number of anilines is 1. The standard InChI is InChI=1S/C25H16ClF2N3O5S.CH4/c1-35-23-12-19(15-8-16(26)11-17(27)9-15)20(28)13-22(23)31-21-4-3-18(10-14(21)2-5-25(31)32)37(33,34)30-24-6-7-36-29-24;/h2-13H,1H3,(H,29,30);1H4. The number of rotatable bonds is 6. The van der Waals surface area contributed by atoms with Crippen molar-refractivity contribution in [2.75, 3.05) is 11.8 Å². The van der Waals surface area contributed by atoms with E-state index in [0.29, 0.717) is 10.9 Å². The largest absolute Gasteiger partial charge is 0.495 e. The summed E-state index contributed by atoms with van der Waals surface area (Å²) < 4.78 is 68.3. The lowest BCUT2D eigenvalue weighted by atomic mass is 10.0.